The van der Waals surface area contributed by atoms with Crippen LogP contribution in [0.2, 0.25) is 0 Å². The van der Waals surface area contributed by atoms with E-state index in [1.165, 1.54) is 19.3 Å². The number of rotatable bonds is 6. The first-order valence-corrected chi connectivity index (χ1v) is 8.23. The smallest absolute Gasteiger partial charge is 0.306 e. The molecule has 23 heavy (non-hydrogen) atoms. The van der Waals surface area contributed by atoms with Gasteiger partial charge in [-0.25, -0.2) is 0 Å². The topological polar surface area (TPSA) is 64.6 Å². The van der Waals surface area contributed by atoms with Gasteiger partial charge in [-0.15, -0.1) is 0 Å². The van der Waals surface area contributed by atoms with Crippen LogP contribution in [0.3, 0.4) is 0 Å². The highest BCUT2D eigenvalue weighted by Gasteiger charge is 2.40. The SMILES string of the molecule is COc1ccc(NC(=O)COC(=O)C[C@@H]2C[C@H]3CC[C@@H]2C3)cc1. The zero-order chi connectivity index (χ0) is 16.2. The first kappa shape index (κ1) is 15.8. The summed E-state index contributed by atoms with van der Waals surface area (Å²) < 4.78 is 10.2. The molecule has 1 N–H and O–H groups in total. The number of anilines is 1. The number of carbonyl (C=O) groups excluding carboxylic acids is 2. The van der Waals surface area contributed by atoms with Crippen molar-refractivity contribution in [3.05, 3.63) is 24.3 Å². The molecule has 2 fully saturated rings. The van der Waals surface area contributed by atoms with Crippen molar-refractivity contribution in [3.8, 4) is 5.75 Å². The van der Waals surface area contributed by atoms with Crippen molar-refractivity contribution in [2.75, 3.05) is 19.0 Å². The van der Waals surface area contributed by atoms with Crippen LogP contribution in [0.1, 0.15) is 32.1 Å². The predicted molar refractivity (Wildman–Crippen MR) is 86.1 cm³/mol. The van der Waals surface area contributed by atoms with Crippen LogP contribution in [-0.4, -0.2) is 25.6 Å². The molecule has 1 aromatic carbocycles. The van der Waals surface area contributed by atoms with E-state index in [2.05, 4.69) is 5.32 Å². The van der Waals surface area contributed by atoms with Gasteiger partial charge < -0.3 is 14.8 Å². The second kappa shape index (κ2) is 7.02. The summed E-state index contributed by atoms with van der Waals surface area (Å²) in [4.78, 5) is 23.7. The molecule has 3 atom stereocenters. The molecule has 0 aromatic heterocycles. The normalized spacial score (nSPS) is 25.2. The maximum atomic E-state index is 11.9. The van der Waals surface area contributed by atoms with E-state index in [-0.39, 0.29) is 18.5 Å². The first-order valence-electron chi connectivity index (χ1n) is 8.23. The summed E-state index contributed by atoms with van der Waals surface area (Å²) in [5.74, 6) is 2.12. The summed E-state index contributed by atoms with van der Waals surface area (Å²) in [5, 5.41) is 2.70. The quantitative estimate of drug-likeness (QED) is 0.819. The van der Waals surface area contributed by atoms with Gasteiger partial charge in [0.1, 0.15) is 5.75 Å². The fraction of sp³-hybridized carbons (Fsp3) is 0.556. The molecule has 2 saturated carbocycles. The Morgan fingerprint density at radius 1 is 1.17 bits per heavy atom. The van der Waals surface area contributed by atoms with Gasteiger partial charge in [-0.05, 0) is 61.3 Å². The van der Waals surface area contributed by atoms with Gasteiger partial charge in [-0.1, -0.05) is 6.42 Å². The molecule has 0 unspecified atom stereocenters. The summed E-state index contributed by atoms with van der Waals surface area (Å²) >= 11 is 0. The molecule has 5 heteroatoms. The van der Waals surface area contributed by atoms with E-state index in [9.17, 15) is 9.59 Å². The van der Waals surface area contributed by atoms with Gasteiger partial charge in [0.2, 0.25) is 0 Å². The molecule has 2 bridgehead atoms. The highest BCUT2D eigenvalue weighted by molar-refractivity contribution is 5.92. The number of methoxy groups -OCH3 is 1. The second-order valence-electron chi connectivity index (χ2n) is 6.58. The van der Waals surface area contributed by atoms with Crippen molar-refractivity contribution in [3.63, 3.8) is 0 Å². The van der Waals surface area contributed by atoms with E-state index in [1.54, 1.807) is 31.4 Å². The average Bonchev–Trinajstić information content (AvgIpc) is 3.16. The van der Waals surface area contributed by atoms with Crippen LogP contribution < -0.4 is 10.1 Å². The standard InChI is InChI=1S/C18H23NO4/c1-22-16-6-4-15(5-7-16)19-17(20)11-23-18(21)10-14-9-12-2-3-13(14)8-12/h4-7,12-14H,2-3,8-11H2,1H3,(H,19,20)/t12-,13+,14-/m0/s1. The number of carbonyl (C=O) groups is 2. The maximum absolute atomic E-state index is 11.9. The zero-order valence-electron chi connectivity index (χ0n) is 13.4. The van der Waals surface area contributed by atoms with Gasteiger partial charge in [0.15, 0.2) is 6.61 Å². The third-order valence-electron chi connectivity index (χ3n) is 5.05. The Balaban J connectivity index is 1.39. The molecular weight excluding hydrogens is 294 g/mol. The van der Waals surface area contributed by atoms with Gasteiger partial charge in [0, 0.05) is 12.1 Å². The number of benzene rings is 1. The fourth-order valence-electron chi connectivity index (χ4n) is 3.92. The molecule has 5 nitrogen and oxygen atoms in total. The first-order chi connectivity index (χ1) is 11.1. The summed E-state index contributed by atoms with van der Waals surface area (Å²) in [6, 6.07) is 7.01. The number of fused-ring (bicyclic) bond motifs is 2. The minimum Gasteiger partial charge on any atom is -0.497 e. The summed E-state index contributed by atoms with van der Waals surface area (Å²) in [7, 11) is 1.59. The van der Waals surface area contributed by atoms with E-state index in [0.29, 0.717) is 23.9 Å². The van der Waals surface area contributed by atoms with Gasteiger partial charge in [0.25, 0.3) is 5.91 Å². The lowest BCUT2D eigenvalue weighted by Gasteiger charge is -2.20. The molecule has 2 aliphatic rings. The fourth-order valence-corrected chi connectivity index (χ4v) is 3.92. The van der Waals surface area contributed by atoms with E-state index in [4.69, 9.17) is 9.47 Å². The van der Waals surface area contributed by atoms with Crippen LogP contribution in [0.4, 0.5) is 5.69 Å². The third kappa shape index (κ3) is 4.03. The largest absolute Gasteiger partial charge is 0.497 e. The number of ether oxygens (including phenoxy) is 2. The molecule has 0 heterocycles. The summed E-state index contributed by atoms with van der Waals surface area (Å²) in [6.45, 7) is -0.230. The Morgan fingerprint density at radius 3 is 2.57 bits per heavy atom. The Morgan fingerprint density at radius 2 is 1.96 bits per heavy atom. The van der Waals surface area contributed by atoms with Crippen LogP contribution in [0, 0.1) is 17.8 Å². The lowest BCUT2D eigenvalue weighted by atomic mass is 9.86. The van der Waals surface area contributed by atoms with Crippen molar-refractivity contribution in [1.29, 1.82) is 0 Å². The van der Waals surface area contributed by atoms with Crippen LogP contribution >= 0.6 is 0 Å². The van der Waals surface area contributed by atoms with Gasteiger partial charge >= 0.3 is 5.97 Å². The highest BCUT2D eigenvalue weighted by Crippen LogP contribution is 2.49. The Kier molecular flexibility index (Phi) is 4.84. The molecule has 1 aromatic rings. The van der Waals surface area contributed by atoms with Crippen LogP contribution in [0.15, 0.2) is 24.3 Å². The second-order valence-corrected chi connectivity index (χ2v) is 6.58. The van der Waals surface area contributed by atoms with Crippen molar-refractivity contribution in [2.24, 2.45) is 17.8 Å². The summed E-state index contributed by atoms with van der Waals surface area (Å²) in [6.07, 6.45) is 5.45. The maximum Gasteiger partial charge on any atom is 0.306 e. The van der Waals surface area contributed by atoms with Gasteiger partial charge in [-0.3, -0.25) is 9.59 Å². The van der Waals surface area contributed by atoms with E-state index in [0.717, 1.165) is 18.1 Å². The Labute approximate surface area is 136 Å². The predicted octanol–water partition coefficient (Wildman–Crippen LogP) is 3.00. The molecule has 0 aliphatic heterocycles. The third-order valence-corrected chi connectivity index (χ3v) is 5.05. The Hall–Kier alpha value is -2.04. The lowest BCUT2D eigenvalue weighted by molar-refractivity contribution is -0.148. The van der Waals surface area contributed by atoms with Gasteiger partial charge in [-0.2, -0.15) is 0 Å². The number of nitrogens with one attached hydrogen (secondary N) is 1. The molecule has 0 saturated heterocycles. The minimum atomic E-state index is -0.323. The molecule has 0 spiro atoms. The summed E-state index contributed by atoms with van der Waals surface area (Å²) in [5.41, 5.74) is 0.653. The molecule has 124 valence electrons. The molecule has 2 aliphatic carbocycles. The average molecular weight is 317 g/mol. The number of esters is 1. The highest BCUT2D eigenvalue weighted by atomic mass is 16.5. The molecule has 1 amide bonds. The van der Waals surface area contributed by atoms with E-state index in [1.807, 2.05) is 0 Å². The van der Waals surface area contributed by atoms with Gasteiger partial charge in [0.05, 0.1) is 7.11 Å². The van der Waals surface area contributed by atoms with Crippen molar-refractivity contribution >= 4 is 17.6 Å². The number of amides is 1. The number of hydrogen-bond acceptors (Lipinski definition) is 4. The monoisotopic (exact) mass is 317 g/mol. The Bertz CT molecular complexity index is 569. The minimum absolute atomic E-state index is 0.230. The lowest BCUT2D eigenvalue weighted by Crippen LogP contribution is -2.23. The van der Waals surface area contributed by atoms with Crippen molar-refractivity contribution < 1.29 is 19.1 Å². The van der Waals surface area contributed by atoms with Crippen LogP contribution in [0.5, 0.6) is 5.75 Å². The number of hydrogen-bond donors (Lipinski definition) is 1. The molecule has 0 radical (unpaired) electrons. The van der Waals surface area contributed by atoms with E-state index >= 15 is 0 Å². The zero-order valence-corrected chi connectivity index (χ0v) is 13.4. The van der Waals surface area contributed by atoms with Crippen molar-refractivity contribution in [2.45, 2.75) is 32.1 Å². The van der Waals surface area contributed by atoms with Crippen molar-refractivity contribution in [1.82, 2.24) is 0 Å². The molecule has 3 rings (SSSR count). The van der Waals surface area contributed by atoms with Crippen LogP contribution in [-0.2, 0) is 14.3 Å². The van der Waals surface area contributed by atoms with E-state index < -0.39 is 0 Å². The molecular formula is C18H23NO4. The van der Waals surface area contributed by atoms with Crippen LogP contribution in [0.25, 0.3) is 0 Å².